The third-order valence-electron chi connectivity index (χ3n) is 5.83. The predicted octanol–water partition coefficient (Wildman–Crippen LogP) is 2.57. The zero-order valence-corrected chi connectivity index (χ0v) is 17.3. The van der Waals surface area contributed by atoms with Crippen molar-refractivity contribution >= 4 is 0 Å². The quantitative estimate of drug-likeness (QED) is 0.665. The van der Waals surface area contributed by atoms with Crippen LogP contribution in [0.2, 0.25) is 0 Å². The van der Waals surface area contributed by atoms with Crippen molar-refractivity contribution in [3.05, 3.63) is 58.1 Å². The first-order valence-corrected chi connectivity index (χ1v) is 10.3. The molecule has 30 heavy (non-hydrogen) atoms. The smallest absolute Gasteiger partial charge is 0.254 e. The summed E-state index contributed by atoms with van der Waals surface area (Å²) >= 11 is 0. The molecule has 0 spiro atoms. The molecule has 156 valence electrons. The van der Waals surface area contributed by atoms with Gasteiger partial charge >= 0.3 is 0 Å². The van der Waals surface area contributed by atoms with E-state index >= 15 is 0 Å². The van der Waals surface area contributed by atoms with Crippen molar-refractivity contribution in [1.29, 1.82) is 0 Å². The van der Waals surface area contributed by atoms with Crippen molar-refractivity contribution in [3.63, 3.8) is 0 Å². The van der Waals surface area contributed by atoms with Crippen molar-refractivity contribution in [3.8, 4) is 28.1 Å². The molecule has 4 heterocycles. The molecule has 0 amide bonds. The van der Waals surface area contributed by atoms with Gasteiger partial charge in [-0.1, -0.05) is 18.2 Å². The molecule has 0 N–H and O–H groups in total. The third kappa shape index (κ3) is 3.44. The molecule has 7 heteroatoms. The maximum absolute atomic E-state index is 12.8. The third-order valence-corrected chi connectivity index (χ3v) is 5.83. The van der Waals surface area contributed by atoms with E-state index < -0.39 is 0 Å². The average Bonchev–Trinajstić information content (AvgIpc) is 3.21. The summed E-state index contributed by atoms with van der Waals surface area (Å²) < 4.78 is 20.8. The van der Waals surface area contributed by atoms with E-state index in [0.717, 1.165) is 34.4 Å². The number of ether oxygens (including phenoxy) is 3. The van der Waals surface area contributed by atoms with Gasteiger partial charge in [0.25, 0.3) is 5.56 Å². The number of hydrogen-bond acceptors (Lipinski definition) is 5. The minimum absolute atomic E-state index is 0.0339. The highest BCUT2D eigenvalue weighted by Gasteiger charge is 2.23. The summed E-state index contributed by atoms with van der Waals surface area (Å²) in [5.41, 5.74) is 6.43. The molecule has 5 rings (SSSR count). The van der Waals surface area contributed by atoms with Gasteiger partial charge < -0.3 is 18.8 Å². The first kappa shape index (κ1) is 19.1. The number of nitrogens with zero attached hydrogens (tertiary/aromatic N) is 3. The van der Waals surface area contributed by atoms with Crippen LogP contribution in [-0.2, 0) is 29.5 Å². The minimum Gasteiger partial charge on any atom is -0.490 e. The number of aromatic nitrogens is 3. The largest absolute Gasteiger partial charge is 0.490 e. The van der Waals surface area contributed by atoms with E-state index in [1.54, 1.807) is 10.7 Å². The lowest BCUT2D eigenvalue weighted by Gasteiger charge is -2.27. The Morgan fingerprint density at radius 3 is 2.90 bits per heavy atom. The van der Waals surface area contributed by atoms with E-state index in [9.17, 15) is 4.79 Å². The maximum atomic E-state index is 12.8. The number of aryl methyl sites for hydroxylation is 2. The molecule has 1 atom stereocenters. The number of fused-ring (bicyclic) bond motifs is 3. The van der Waals surface area contributed by atoms with Crippen LogP contribution in [0.25, 0.3) is 22.4 Å². The van der Waals surface area contributed by atoms with E-state index in [1.165, 1.54) is 5.56 Å². The lowest BCUT2D eigenvalue weighted by molar-refractivity contribution is -0.101. The fourth-order valence-electron chi connectivity index (χ4n) is 4.28. The van der Waals surface area contributed by atoms with Crippen LogP contribution in [0.1, 0.15) is 11.1 Å². The van der Waals surface area contributed by atoms with E-state index in [4.69, 9.17) is 14.2 Å². The summed E-state index contributed by atoms with van der Waals surface area (Å²) in [6.45, 7) is 4.76. The Bertz CT molecular complexity index is 1140. The molecule has 7 nitrogen and oxygen atoms in total. The summed E-state index contributed by atoms with van der Waals surface area (Å²) in [6, 6.07) is 8.01. The molecule has 0 bridgehead atoms. The Labute approximate surface area is 174 Å². The Morgan fingerprint density at radius 1 is 1.23 bits per heavy atom. The first-order chi connectivity index (χ1) is 14.6. The SMILES string of the molecule is Cc1c(OCC2COCCO2)cc(=O)n2c1-c1ccc(-c3cnn(C)c3)cc1CC2. The minimum atomic E-state index is -0.105. The van der Waals surface area contributed by atoms with Gasteiger partial charge in [0.2, 0.25) is 0 Å². The van der Waals surface area contributed by atoms with Gasteiger partial charge in [-0.3, -0.25) is 9.48 Å². The second-order valence-electron chi connectivity index (χ2n) is 7.88. The van der Waals surface area contributed by atoms with Gasteiger partial charge in [0.1, 0.15) is 18.5 Å². The average molecular weight is 407 g/mol. The predicted molar refractivity (Wildman–Crippen MR) is 113 cm³/mol. The lowest BCUT2D eigenvalue weighted by Crippen LogP contribution is -2.34. The summed E-state index contributed by atoms with van der Waals surface area (Å²) in [4.78, 5) is 12.8. The van der Waals surface area contributed by atoms with Crippen LogP contribution in [0.3, 0.4) is 0 Å². The molecular weight excluding hydrogens is 382 g/mol. The highest BCUT2D eigenvalue weighted by molar-refractivity contribution is 5.75. The molecule has 1 aromatic carbocycles. The monoisotopic (exact) mass is 407 g/mol. The first-order valence-electron chi connectivity index (χ1n) is 10.3. The van der Waals surface area contributed by atoms with Gasteiger partial charge in [0.05, 0.1) is 31.7 Å². The fourth-order valence-corrected chi connectivity index (χ4v) is 4.28. The van der Waals surface area contributed by atoms with E-state index in [1.807, 2.05) is 30.9 Å². The molecule has 1 saturated heterocycles. The maximum Gasteiger partial charge on any atom is 0.254 e. The molecule has 2 aromatic heterocycles. The van der Waals surface area contributed by atoms with Gasteiger partial charge in [-0.15, -0.1) is 0 Å². The van der Waals surface area contributed by atoms with E-state index in [2.05, 4.69) is 23.3 Å². The summed E-state index contributed by atoms with van der Waals surface area (Å²) in [6.07, 6.45) is 4.60. The van der Waals surface area contributed by atoms with Crippen LogP contribution in [-0.4, -0.2) is 46.9 Å². The van der Waals surface area contributed by atoms with Crippen molar-refractivity contribution in [1.82, 2.24) is 14.3 Å². The summed E-state index contributed by atoms with van der Waals surface area (Å²) in [5, 5.41) is 4.27. The topological polar surface area (TPSA) is 67.5 Å². The van der Waals surface area contributed by atoms with Crippen molar-refractivity contribution in [2.45, 2.75) is 26.0 Å². The van der Waals surface area contributed by atoms with Crippen LogP contribution in [0.5, 0.6) is 5.75 Å². The Hall–Kier alpha value is -2.90. The summed E-state index contributed by atoms with van der Waals surface area (Å²) in [5.74, 6) is 0.615. The molecule has 2 aliphatic rings. The molecule has 1 unspecified atom stereocenters. The van der Waals surface area contributed by atoms with Crippen molar-refractivity contribution in [2.75, 3.05) is 26.4 Å². The summed E-state index contributed by atoms with van der Waals surface area (Å²) in [7, 11) is 1.92. The van der Waals surface area contributed by atoms with Crippen LogP contribution >= 0.6 is 0 Å². The van der Waals surface area contributed by atoms with Crippen LogP contribution in [0.4, 0.5) is 0 Å². The van der Waals surface area contributed by atoms with Gasteiger partial charge in [0, 0.05) is 42.5 Å². The second kappa shape index (κ2) is 7.74. The fraction of sp³-hybridized carbons (Fsp3) is 0.391. The highest BCUT2D eigenvalue weighted by atomic mass is 16.6. The number of benzene rings is 1. The molecule has 1 fully saturated rings. The Kier molecular flexibility index (Phi) is 4.92. The second-order valence-corrected chi connectivity index (χ2v) is 7.88. The zero-order valence-electron chi connectivity index (χ0n) is 17.3. The zero-order chi connectivity index (χ0) is 20.7. The number of hydrogen-bond donors (Lipinski definition) is 0. The molecule has 0 saturated carbocycles. The van der Waals surface area contributed by atoms with Gasteiger partial charge in [0.15, 0.2) is 0 Å². The molecular formula is C23H25N3O4. The highest BCUT2D eigenvalue weighted by Crippen LogP contribution is 2.36. The van der Waals surface area contributed by atoms with Gasteiger partial charge in [-0.2, -0.15) is 5.10 Å². The van der Waals surface area contributed by atoms with Crippen LogP contribution < -0.4 is 10.3 Å². The molecule has 2 aliphatic heterocycles. The van der Waals surface area contributed by atoms with Crippen LogP contribution in [0, 0.1) is 6.92 Å². The van der Waals surface area contributed by atoms with Crippen LogP contribution in [0.15, 0.2) is 41.5 Å². The van der Waals surface area contributed by atoms with E-state index in [0.29, 0.717) is 38.7 Å². The van der Waals surface area contributed by atoms with E-state index in [-0.39, 0.29) is 11.7 Å². The molecule has 0 aliphatic carbocycles. The van der Waals surface area contributed by atoms with Crippen molar-refractivity contribution in [2.24, 2.45) is 7.05 Å². The standard InChI is InChI=1S/C23H25N3O4/c1-15-21(30-14-19-13-28-7-8-29-19)10-22(27)26-6-5-17-9-16(3-4-20(17)23(15)26)18-11-24-25(2)12-18/h3-4,9-12,19H,5-8,13-14H2,1-2H3. The Balaban J connectivity index is 1.49. The Morgan fingerprint density at radius 2 is 2.13 bits per heavy atom. The lowest BCUT2D eigenvalue weighted by atomic mass is 9.92. The van der Waals surface area contributed by atoms with Gasteiger partial charge in [-0.25, -0.2) is 0 Å². The molecule has 3 aromatic rings. The van der Waals surface area contributed by atoms with Crippen molar-refractivity contribution < 1.29 is 14.2 Å². The number of rotatable bonds is 4. The molecule has 0 radical (unpaired) electrons. The number of pyridine rings is 1. The normalized spacial score (nSPS) is 18.0. The van der Waals surface area contributed by atoms with Gasteiger partial charge in [-0.05, 0) is 24.5 Å².